The van der Waals surface area contributed by atoms with Crippen LogP contribution in [0.25, 0.3) is 0 Å². The van der Waals surface area contributed by atoms with Crippen LogP contribution in [-0.4, -0.2) is 25.9 Å². The summed E-state index contributed by atoms with van der Waals surface area (Å²) in [6.07, 6.45) is 0. The molecule has 0 aliphatic heterocycles. The molecule has 0 bridgehead atoms. The van der Waals surface area contributed by atoms with Gasteiger partial charge in [0, 0.05) is 0 Å². The topological polar surface area (TPSA) is 126 Å². The Morgan fingerprint density at radius 2 is 1.20 bits per heavy atom. The third-order valence-corrected chi connectivity index (χ3v) is 0. The van der Waals surface area contributed by atoms with Gasteiger partial charge in [0.25, 0.3) is 0 Å². The van der Waals surface area contributed by atoms with E-state index in [-0.39, 0.29) is 11.3 Å². The first-order valence-corrected chi connectivity index (χ1v) is 3.55. The number of phosphoric acid groups is 1. The second kappa shape index (κ2) is 6.85. The van der Waals surface area contributed by atoms with Gasteiger partial charge in [0.05, 0.1) is 0 Å². The standard InChI is InChI=1S/C3H6O.H3O4P.H2O/c1-3(2)4;1-5(2,3)4;/h1-2H3;(H3,1,2,3,4);1H2. The van der Waals surface area contributed by atoms with E-state index in [4.69, 9.17) is 19.2 Å². The highest BCUT2D eigenvalue weighted by atomic mass is 31.2. The molecule has 0 rings (SSSR count). The molecule has 5 N–H and O–H groups in total. The largest absolute Gasteiger partial charge is 0.466 e. The highest BCUT2D eigenvalue weighted by molar-refractivity contribution is 7.45. The van der Waals surface area contributed by atoms with Gasteiger partial charge in [0.1, 0.15) is 5.78 Å². The van der Waals surface area contributed by atoms with Crippen LogP contribution in [0.2, 0.25) is 0 Å². The van der Waals surface area contributed by atoms with Crippen LogP contribution in [0.4, 0.5) is 0 Å². The maximum atomic E-state index is 9.44. The highest BCUT2D eigenvalue weighted by Gasteiger charge is 2.00. The number of hydrogen-bond donors (Lipinski definition) is 3. The van der Waals surface area contributed by atoms with Crippen molar-refractivity contribution in [1.82, 2.24) is 0 Å². The lowest BCUT2D eigenvalue weighted by Gasteiger charge is -1.82. The molecule has 0 saturated heterocycles. The number of carbonyl (C=O) groups is 1. The lowest BCUT2D eigenvalue weighted by atomic mass is 10.6. The Labute approximate surface area is 58.0 Å². The molecule has 7 heteroatoms. The molecule has 0 amide bonds. The van der Waals surface area contributed by atoms with Crippen molar-refractivity contribution in [3.05, 3.63) is 0 Å². The van der Waals surface area contributed by atoms with Crippen molar-refractivity contribution in [2.75, 3.05) is 0 Å². The first kappa shape index (κ1) is 16.4. The second-order valence-corrected chi connectivity index (χ2v) is 2.45. The van der Waals surface area contributed by atoms with E-state index in [9.17, 15) is 4.79 Å². The van der Waals surface area contributed by atoms with Gasteiger partial charge in [-0.2, -0.15) is 0 Å². The van der Waals surface area contributed by atoms with E-state index in [0.29, 0.717) is 0 Å². The Morgan fingerprint density at radius 3 is 1.20 bits per heavy atom. The first-order chi connectivity index (χ1) is 3.73. The third-order valence-electron chi connectivity index (χ3n) is 0. The summed E-state index contributed by atoms with van der Waals surface area (Å²) in [5, 5.41) is 0. The van der Waals surface area contributed by atoms with Crippen molar-refractivity contribution in [3.63, 3.8) is 0 Å². The molecule has 0 saturated carbocycles. The third kappa shape index (κ3) is 5200. The van der Waals surface area contributed by atoms with Gasteiger partial charge in [-0.1, -0.05) is 0 Å². The number of Topliss-reactive ketones (excluding diaryl/α,β-unsaturated/α-hetero) is 1. The van der Waals surface area contributed by atoms with Crippen LogP contribution in [0.5, 0.6) is 0 Å². The summed E-state index contributed by atoms with van der Waals surface area (Å²) in [7, 11) is -4.64. The number of ketones is 1. The van der Waals surface area contributed by atoms with Gasteiger partial charge in [-0.15, -0.1) is 0 Å². The van der Waals surface area contributed by atoms with Gasteiger partial charge in [0.15, 0.2) is 0 Å². The molecule has 0 aliphatic rings. The smallest absolute Gasteiger partial charge is 0.412 e. The Morgan fingerprint density at radius 1 is 1.20 bits per heavy atom. The van der Waals surface area contributed by atoms with Crippen molar-refractivity contribution in [2.45, 2.75) is 13.8 Å². The monoisotopic (exact) mass is 174 g/mol. The van der Waals surface area contributed by atoms with Crippen LogP contribution >= 0.6 is 7.82 Å². The Balaban J connectivity index is -0.0000000910. The maximum Gasteiger partial charge on any atom is 0.466 e. The van der Waals surface area contributed by atoms with Gasteiger partial charge in [-0.3, -0.25) is 0 Å². The van der Waals surface area contributed by atoms with Crippen molar-refractivity contribution >= 4 is 13.6 Å². The molecule has 0 atom stereocenters. The van der Waals surface area contributed by atoms with Crippen LogP contribution in [0.15, 0.2) is 0 Å². The molecule has 0 aromatic carbocycles. The normalized spacial score (nSPS) is 8.50. The molecule has 10 heavy (non-hydrogen) atoms. The summed E-state index contributed by atoms with van der Waals surface area (Å²) in [6.45, 7) is 3.06. The molecule has 0 aliphatic carbocycles. The lowest BCUT2D eigenvalue weighted by Crippen LogP contribution is -1.69. The van der Waals surface area contributed by atoms with Gasteiger partial charge in [-0.25, -0.2) is 4.57 Å². The summed E-state index contributed by atoms with van der Waals surface area (Å²) in [4.78, 5) is 31.0. The summed E-state index contributed by atoms with van der Waals surface area (Å²) in [6, 6.07) is 0. The summed E-state index contributed by atoms with van der Waals surface area (Å²) < 4.78 is 8.88. The van der Waals surface area contributed by atoms with Crippen LogP contribution in [0.3, 0.4) is 0 Å². The van der Waals surface area contributed by atoms with Crippen LogP contribution < -0.4 is 0 Å². The zero-order valence-corrected chi connectivity index (χ0v) is 6.50. The second-order valence-electron chi connectivity index (χ2n) is 1.42. The van der Waals surface area contributed by atoms with Crippen molar-refractivity contribution < 1.29 is 29.5 Å². The van der Waals surface area contributed by atoms with E-state index < -0.39 is 7.82 Å². The molecule has 0 radical (unpaired) electrons. The fourth-order valence-electron chi connectivity index (χ4n) is 0. The predicted molar refractivity (Wildman–Crippen MR) is 34.2 cm³/mol. The summed E-state index contributed by atoms with van der Waals surface area (Å²) in [5.41, 5.74) is 0. The van der Waals surface area contributed by atoms with Crippen LogP contribution in [0.1, 0.15) is 13.8 Å². The molecule has 0 aromatic rings. The predicted octanol–water partition coefficient (Wildman–Crippen LogP) is -1.16. The zero-order valence-electron chi connectivity index (χ0n) is 5.61. The number of carbonyl (C=O) groups excluding carboxylic acids is 1. The fourth-order valence-corrected chi connectivity index (χ4v) is 0. The minimum Gasteiger partial charge on any atom is -0.412 e. The van der Waals surface area contributed by atoms with E-state index >= 15 is 0 Å². The summed E-state index contributed by atoms with van der Waals surface area (Å²) in [5.74, 6) is 0.167. The Bertz CT molecular complexity index is 113. The molecule has 64 valence electrons. The van der Waals surface area contributed by atoms with Gasteiger partial charge in [0.2, 0.25) is 0 Å². The Hall–Kier alpha value is -0.260. The van der Waals surface area contributed by atoms with Crippen molar-refractivity contribution in [1.29, 1.82) is 0 Å². The minimum absolute atomic E-state index is 0. The van der Waals surface area contributed by atoms with Crippen molar-refractivity contribution in [2.24, 2.45) is 0 Å². The van der Waals surface area contributed by atoms with Crippen LogP contribution in [0, 0.1) is 0 Å². The molecule has 0 spiro atoms. The SMILES string of the molecule is CC(C)=O.O.O=P(O)(O)O. The molecule has 0 aromatic heterocycles. The molecule has 0 fully saturated rings. The van der Waals surface area contributed by atoms with E-state index in [1.807, 2.05) is 0 Å². The minimum atomic E-state index is -4.64. The quantitative estimate of drug-likeness (QED) is 0.399. The van der Waals surface area contributed by atoms with Gasteiger partial charge in [-0.05, 0) is 13.8 Å². The van der Waals surface area contributed by atoms with E-state index in [2.05, 4.69) is 0 Å². The molecule has 0 unspecified atom stereocenters. The lowest BCUT2D eigenvalue weighted by molar-refractivity contribution is -0.115. The Kier molecular flexibility index (Phi) is 11.2. The fraction of sp³-hybridized carbons (Fsp3) is 0.667. The number of hydrogen-bond acceptors (Lipinski definition) is 2. The summed E-state index contributed by atoms with van der Waals surface area (Å²) >= 11 is 0. The average Bonchev–Trinajstić information content (AvgIpc) is 1.19. The number of rotatable bonds is 0. The zero-order chi connectivity index (χ0) is 8.08. The van der Waals surface area contributed by atoms with E-state index in [1.54, 1.807) is 0 Å². The van der Waals surface area contributed by atoms with E-state index in [0.717, 1.165) is 0 Å². The van der Waals surface area contributed by atoms with Gasteiger partial charge >= 0.3 is 7.82 Å². The van der Waals surface area contributed by atoms with E-state index in [1.165, 1.54) is 13.8 Å². The maximum absolute atomic E-state index is 9.44. The molecular formula is C3H11O6P. The average molecular weight is 174 g/mol. The highest BCUT2D eigenvalue weighted by Crippen LogP contribution is 2.25. The first-order valence-electron chi connectivity index (χ1n) is 1.99. The molecular weight excluding hydrogens is 163 g/mol. The molecule has 6 nitrogen and oxygen atoms in total. The van der Waals surface area contributed by atoms with Crippen LogP contribution in [-0.2, 0) is 9.36 Å². The van der Waals surface area contributed by atoms with Gasteiger partial charge < -0.3 is 25.0 Å². The molecule has 0 heterocycles. The van der Waals surface area contributed by atoms with Crippen molar-refractivity contribution in [3.8, 4) is 0 Å².